The van der Waals surface area contributed by atoms with E-state index in [0.29, 0.717) is 6.54 Å². The first kappa shape index (κ1) is 10.7. The normalized spacial score (nSPS) is 10.7. The third-order valence-electron chi connectivity index (χ3n) is 3.05. The molecule has 0 atom stereocenters. The SMILES string of the molecule is O=Cc1ccccc1Cn1cnc2ccccc21. The van der Waals surface area contributed by atoms with E-state index >= 15 is 0 Å². The van der Waals surface area contributed by atoms with Crippen LogP contribution in [0.25, 0.3) is 11.0 Å². The molecule has 0 amide bonds. The van der Waals surface area contributed by atoms with Gasteiger partial charge >= 0.3 is 0 Å². The number of aromatic nitrogens is 2. The molecule has 2 aromatic carbocycles. The minimum Gasteiger partial charge on any atom is -0.326 e. The van der Waals surface area contributed by atoms with Crippen molar-refractivity contribution in [1.82, 2.24) is 9.55 Å². The lowest BCUT2D eigenvalue weighted by Crippen LogP contribution is -2.01. The number of rotatable bonds is 3. The minimum atomic E-state index is 0.662. The van der Waals surface area contributed by atoms with Crippen molar-refractivity contribution in [3.05, 3.63) is 66.0 Å². The van der Waals surface area contributed by atoms with Gasteiger partial charge in [-0.2, -0.15) is 0 Å². The molecule has 0 saturated carbocycles. The van der Waals surface area contributed by atoms with E-state index in [1.807, 2.05) is 54.9 Å². The molecule has 0 spiro atoms. The summed E-state index contributed by atoms with van der Waals surface area (Å²) in [5.74, 6) is 0. The van der Waals surface area contributed by atoms with Gasteiger partial charge in [-0.05, 0) is 17.7 Å². The summed E-state index contributed by atoms with van der Waals surface area (Å²) in [4.78, 5) is 15.3. The standard InChI is InChI=1S/C15H12N2O/c18-10-13-6-2-1-5-12(13)9-17-11-16-14-7-3-4-8-15(14)17/h1-8,10-11H,9H2. The molecule has 3 heteroatoms. The summed E-state index contributed by atoms with van der Waals surface area (Å²) >= 11 is 0. The van der Waals surface area contributed by atoms with Crippen molar-refractivity contribution in [3.63, 3.8) is 0 Å². The second-order valence-electron chi connectivity index (χ2n) is 4.18. The van der Waals surface area contributed by atoms with E-state index in [9.17, 15) is 4.79 Å². The number of hydrogen-bond acceptors (Lipinski definition) is 2. The van der Waals surface area contributed by atoms with Gasteiger partial charge < -0.3 is 4.57 Å². The second-order valence-corrected chi connectivity index (χ2v) is 4.18. The predicted molar refractivity (Wildman–Crippen MR) is 70.7 cm³/mol. The average Bonchev–Trinajstić information content (AvgIpc) is 2.83. The summed E-state index contributed by atoms with van der Waals surface area (Å²) in [6, 6.07) is 15.6. The Morgan fingerprint density at radius 2 is 1.83 bits per heavy atom. The van der Waals surface area contributed by atoms with E-state index in [-0.39, 0.29) is 0 Å². The number of hydrogen-bond donors (Lipinski definition) is 0. The highest BCUT2D eigenvalue weighted by molar-refractivity contribution is 5.78. The number of para-hydroxylation sites is 2. The molecule has 0 aliphatic rings. The number of nitrogens with zero attached hydrogens (tertiary/aromatic N) is 2. The Hall–Kier alpha value is -2.42. The fourth-order valence-corrected chi connectivity index (χ4v) is 2.11. The summed E-state index contributed by atoms with van der Waals surface area (Å²) < 4.78 is 2.05. The molecule has 0 aliphatic carbocycles. The van der Waals surface area contributed by atoms with Crippen LogP contribution >= 0.6 is 0 Å². The Bertz CT molecular complexity index is 700. The van der Waals surface area contributed by atoms with Crippen LogP contribution in [0, 0.1) is 0 Å². The van der Waals surface area contributed by atoms with Crippen LogP contribution in [0.4, 0.5) is 0 Å². The summed E-state index contributed by atoms with van der Waals surface area (Å²) in [6.07, 6.45) is 2.71. The lowest BCUT2D eigenvalue weighted by molar-refractivity contribution is 0.112. The van der Waals surface area contributed by atoms with Crippen molar-refractivity contribution in [1.29, 1.82) is 0 Å². The number of benzene rings is 2. The van der Waals surface area contributed by atoms with Crippen molar-refractivity contribution in [2.45, 2.75) is 6.54 Å². The van der Waals surface area contributed by atoms with Crippen LogP contribution in [0.1, 0.15) is 15.9 Å². The van der Waals surface area contributed by atoms with Crippen LogP contribution in [-0.4, -0.2) is 15.8 Å². The Kier molecular flexibility index (Phi) is 2.65. The van der Waals surface area contributed by atoms with Crippen molar-refractivity contribution in [2.75, 3.05) is 0 Å². The average molecular weight is 236 g/mol. The Balaban J connectivity index is 2.04. The minimum absolute atomic E-state index is 0.662. The van der Waals surface area contributed by atoms with Gasteiger partial charge in [0.1, 0.15) is 6.29 Å². The molecular weight excluding hydrogens is 224 g/mol. The lowest BCUT2D eigenvalue weighted by atomic mass is 10.1. The first-order valence-corrected chi connectivity index (χ1v) is 5.81. The van der Waals surface area contributed by atoms with Crippen molar-refractivity contribution < 1.29 is 4.79 Å². The van der Waals surface area contributed by atoms with Crippen LogP contribution in [0.3, 0.4) is 0 Å². The van der Waals surface area contributed by atoms with Gasteiger partial charge in [-0.1, -0.05) is 36.4 Å². The van der Waals surface area contributed by atoms with Crippen LogP contribution < -0.4 is 0 Å². The van der Waals surface area contributed by atoms with Crippen LogP contribution in [0.15, 0.2) is 54.9 Å². The molecule has 0 saturated heterocycles. The molecule has 1 aromatic heterocycles. The maximum Gasteiger partial charge on any atom is 0.150 e. The van der Waals surface area contributed by atoms with E-state index in [0.717, 1.165) is 28.4 Å². The Morgan fingerprint density at radius 1 is 1.06 bits per heavy atom. The van der Waals surface area contributed by atoms with Gasteiger partial charge in [-0.15, -0.1) is 0 Å². The number of fused-ring (bicyclic) bond motifs is 1. The van der Waals surface area contributed by atoms with Crippen LogP contribution in [-0.2, 0) is 6.54 Å². The van der Waals surface area contributed by atoms with Gasteiger partial charge in [-0.25, -0.2) is 4.98 Å². The highest BCUT2D eigenvalue weighted by Gasteiger charge is 2.05. The zero-order valence-corrected chi connectivity index (χ0v) is 9.78. The van der Waals surface area contributed by atoms with Crippen LogP contribution in [0.2, 0.25) is 0 Å². The molecule has 0 N–H and O–H groups in total. The molecule has 0 bridgehead atoms. The lowest BCUT2D eigenvalue weighted by Gasteiger charge is -2.06. The largest absolute Gasteiger partial charge is 0.326 e. The number of aldehydes is 1. The van der Waals surface area contributed by atoms with Gasteiger partial charge in [-0.3, -0.25) is 4.79 Å². The van der Waals surface area contributed by atoms with Crippen LogP contribution in [0.5, 0.6) is 0 Å². The molecule has 18 heavy (non-hydrogen) atoms. The fraction of sp³-hybridized carbons (Fsp3) is 0.0667. The fourth-order valence-electron chi connectivity index (χ4n) is 2.11. The van der Waals surface area contributed by atoms with Gasteiger partial charge in [0.15, 0.2) is 0 Å². The second kappa shape index (κ2) is 4.45. The monoisotopic (exact) mass is 236 g/mol. The molecule has 3 aromatic rings. The predicted octanol–water partition coefficient (Wildman–Crippen LogP) is 2.90. The topological polar surface area (TPSA) is 34.9 Å². The first-order valence-electron chi connectivity index (χ1n) is 5.81. The Morgan fingerprint density at radius 3 is 2.72 bits per heavy atom. The third-order valence-corrected chi connectivity index (χ3v) is 3.05. The molecule has 0 unspecified atom stereocenters. The summed E-state index contributed by atoms with van der Waals surface area (Å²) in [5.41, 5.74) is 3.80. The zero-order valence-electron chi connectivity index (χ0n) is 9.78. The maximum atomic E-state index is 11.0. The molecule has 0 radical (unpaired) electrons. The quantitative estimate of drug-likeness (QED) is 0.655. The van der Waals surface area contributed by atoms with Crippen molar-refractivity contribution >= 4 is 17.3 Å². The van der Waals surface area contributed by atoms with E-state index < -0.39 is 0 Å². The van der Waals surface area contributed by atoms with E-state index in [1.54, 1.807) is 0 Å². The van der Waals surface area contributed by atoms with E-state index in [4.69, 9.17) is 0 Å². The van der Waals surface area contributed by atoms with Crippen molar-refractivity contribution in [2.24, 2.45) is 0 Å². The molecule has 3 nitrogen and oxygen atoms in total. The maximum absolute atomic E-state index is 11.0. The zero-order chi connectivity index (χ0) is 12.4. The molecule has 0 aliphatic heterocycles. The van der Waals surface area contributed by atoms with Gasteiger partial charge in [0, 0.05) is 12.1 Å². The third kappa shape index (κ3) is 1.80. The number of carbonyl (C=O) groups is 1. The Labute approximate surface area is 105 Å². The molecule has 88 valence electrons. The van der Waals surface area contributed by atoms with Gasteiger partial charge in [0.2, 0.25) is 0 Å². The van der Waals surface area contributed by atoms with Crippen molar-refractivity contribution in [3.8, 4) is 0 Å². The number of imidazole rings is 1. The van der Waals surface area contributed by atoms with E-state index in [2.05, 4.69) is 9.55 Å². The molecular formula is C15H12N2O. The number of carbonyl (C=O) groups excluding carboxylic acids is 1. The molecule has 0 fully saturated rings. The summed E-state index contributed by atoms with van der Waals surface area (Å²) in [5, 5.41) is 0. The molecule has 1 heterocycles. The highest BCUT2D eigenvalue weighted by atomic mass is 16.1. The first-order chi connectivity index (χ1) is 8.88. The van der Waals surface area contributed by atoms with Gasteiger partial charge in [0.25, 0.3) is 0 Å². The van der Waals surface area contributed by atoms with E-state index in [1.165, 1.54) is 0 Å². The molecule has 3 rings (SSSR count). The summed E-state index contributed by atoms with van der Waals surface area (Å²) in [7, 11) is 0. The summed E-state index contributed by atoms with van der Waals surface area (Å²) in [6.45, 7) is 0.662. The highest BCUT2D eigenvalue weighted by Crippen LogP contribution is 2.15. The smallest absolute Gasteiger partial charge is 0.150 e. The van der Waals surface area contributed by atoms with Gasteiger partial charge in [0.05, 0.1) is 17.4 Å².